The van der Waals surface area contributed by atoms with Gasteiger partial charge in [-0.05, 0) is 23.8 Å². The van der Waals surface area contributed by atoms with E-state index in [-0.39, 0.29) is 6.42 Å². The number of anilines is 1. The molecule has 1 unspecified atom stereocenters. The van der Waals surface area contributed by atoms with Crippen molar-refractivity contribution in [2.24, 2.45) is 0 Å². The molecule has 1 aromatic heterocycles. The van der Waals surface area contributed by atoms with Crippen molar-refractivity contribution in [2.45, 2.75) is 12.5 Å². The Kier molecular flexibility index (Phi) is 4.43. The van der Waals surface area contributed by atoms with Crippen LogP contribution in [0.3, 0.4) is 0 Å². The molecule has 0 aliphatic carbocycles. The summed E-state index contributed by atoms with van der Waals surface area (Å²) in [6.07, 6.45) is 0.220. The zero-order valence-electron chi connectivity index (χ0n) is 12.6. The molecule has 1 amide bonds. The van der Waals surface area contributed by atoms with E-state index in [1.54, 1.807) is 18.2 Å². The number of hydrogen-bond acceptors (Lipinski definition) is 5. The number of amides is 1. The minimum atomic E-state index is -1.07. The Morgan fingerprint density at radius 1 is 1.21 bits per heavy atom. The highest BCUT2D eigenvalue weighted by atomic mass is 32.1. The van der Waals surface area contributed by atoms with Crippen molar-refractivity contribution >= 4 is 38.6 Å². The van der Waals surface area contributed by atoms with E-state index < -0.39 is 17.9 Å². The van der Waals surface area contributed by atoms with E-state index in [9.17, 15) is 14.7 Å². The molecule has 1 atom stereocenters. The van der Waals surface area contributed by atoms with Gasteiger partial charge in [-0.1, -0.05) is 41.7 Å². The number of carbonyl (C=O) groups excluding carboxylic acids is 1. The monoisotopic (exact) mass is 341 g/mol. The largest absolute Gasteiger partial charge is 0.480 e. The topological polar surface area (TPSA) is 105 Å². The molecular formula is C17H15N3O3S. The van der Waals surface area contributed by atoms with E-state index >= 15 is 0 Å². The number of carbonyl (C=O) groups is 2. The third-order valence-electron chi connectivity index (χ3n) is 3.55. The molecule has 1 heterocycles. The summed E-state index contributed by atoms with van der Waals surface area (Å²) in [5.74, 6) is -1.51. The maximum absolute atomic E-state index is 12.4. The third-order valence-corrected chi connectivity index (χ3v) is 4.40. The lowest BCUT2D eigenvalue weighted by Crippen LogP contribution is -2.42. The fraction of sp³-hybridized carbons (Fsp3) is 0.118. The lowest BCUT2D eigenvalue weighted by molar-refractivity contribution is -0.139. The highest BCUT2D eigenvalue weighted by Gasteiger charge is 2.21. The molecule has 24 heavy (non-hydrogen) atoms. The summed E-state index contributed by atoms with van der Waals surface area (Å²) in [4.78, 5) is 28.0. The summed E-state index contributed by atoms with van der Waals surface area (Å²) in [5, 5.41) is 12.4. The van der Waals surface area contributed by atoms with Gasteiger partial charge in [0.05, 0.1) is 10.2 Å². The van der Waals surface area contributed by atoms with Crippen LogP contribution >= 0.6 is 11.3 Å². The maximum Gasteiger partial charge on any atom is 0.326 e. The van der Waals surface area contributed by atoms with Gasteiger partial charge in [0, 0.05) is 12.0 Å². The van der Waals surface area contributed by atoms with Crippen molar-refractivity contribution in [3.63, 3.8) is 0 Å². The van der Waals surface area contributed by atoms with Gasteiger partial charge in [0.1, 0.15) is 6.04 Å². The second kappa shape index (κ2) is 6.67. The molecule has 3 aromatic rings. The molecule has 0 spiro atoms. The lowest BCUT2D eigenvalue weighted by atomic mass is 10.1. The van der Waals surface area contributed by atoms with E-state index in [1.807, 2.05) is 30.3 Å². The number of nitrogen functional groups attached to an aromatic ring is 1. The second-order valence-electron chi connectivity index (χ2n) is 5.29. The molecule has 0 fully saturated rings. The first-order valence-electron chi connectivity index (χ1n) is 7.26. The van der Waals surface area contributed by atoms with Crippen LogP contribution in [-0.2, 0) is 11.2 Å². The number of carboxylic acid groups (broad SMARTS) is 1. The summed E-state index contributed by atoms with van der Waals surface area (Å²) in [6.45, 7) is 0. The molecule has 0 saturated carbocycles. The lowest BCUT2D eigenvalue weighted by Gasteiger charge is -2.14. The van der Waals surface area contributed by atoms with Crippen LogP contribution in [0.25, 0.3) is 10.2 Å². The number of hydrogen-bond donors (Lipinski definition) is 3. The Hall–Kier alpha value is -2.93. The zero-order valence-corrected chi connectivity index (χ0v) is 13.4. The number of rotatable bonds is 5. The first-order chi connectivity index (χ1) is 11.5. The maximum atomic E-state index is 12.4. The number of carboxylic acids is 1. The Morgan fingerprint density at radius 3 is 2.67 bits per heavy atom. The molecule has 3 rings (SSSR count). The molecule has 0 aliphatic heterocycles. The number of thiazole rings is 1. The summed E-state index contributed by atoms with van der Waals surface area (Å²) in [5.41, 5.74) is 7.59. The third kappa shape index (κ3) is 3.52. The molecule has 0 bridgehead atoms. The number of aromatic nitrogens is 1. The van der Waals surface area contributed by atoms with Crippen LogP contribution in [0.5, 0.6) is 0 Å². The second-order valence-corrected chi connectivity index (χ2v) is 6.35. The van der Waals surface area contributed by atoms with Crippen LogP contribution in [-0.4, -0.2) is 28.0 Å². The number of aliphatic carboxylic acids is 1. The number of nitrogens with zero attached hydrogens (tertiary/aromatic N) is 1. The molecule has 6 nitrogen and oxygen atoms in total. The van der Waals surface area contributed by atoms with Crippen LogP contribution in [0.4, 0.5) is 5.13 Å². The van der Waals surface area contributed by atoms with Gasteiger partial charge in [0.2, 0.25) is 0 Å². The van der Waals surface area contributed by atoms with Crippen LogP contribution in [0.15, 0.2) is 48.5 Å². The van der Waals surface area contributed by atoms with Gasteiger partial charge < -0.3 is 16.2 Å². The van der Waals surface area contributed by atoms with Gasteiger partial charge in [-0.3, -0.25) is 4.79 Å². The van der Waals surface area contributed by atoms with Crippen LogP contribution < -0.4 is 11.1 Å². The Labute approximate surface area is 141 Å². The van der Waals surface area contributed by atoms with Crippen molar-refractivity contribution in [1.82, 2.24) is 10.3 Å². The zero-order chi connectivity index (χ0) is 17.1. The van der Waals surface area contributed by atoms with Gasteiger partial charge in [-0.15, -0.1) is 0 Å². The molecule has 0 radical (unpaired) electrons. The number of nitrogens with one attached hydrogen (secondary N) is 1. The van der Waals surface area contributed by atoms with Crippen molar-refractivity contribution in [3.8, 4) is 0 Å². The molecule has 122 valence electrons. The predicted molar refractivity (Wildman–Crippen MR) is 93.1 cm³/mol. The Bertz CT molecular complexity index is 892. The smallest absolute Gasteiger partial charge is 0.326 e. The van der Waals surface area contributed by atoms with Gasteiger partial charge in [-0.25, -0.2) is 9.78 Å². The molecule has 2 aromatic carbocycles. The summed E-state index contributed by atoms with van der Waals surface area (Å²) >= 11 is 1.28. The first kappa shape index (κ1) is 15.9. The Balaban J connectivity index is 1.78. The van der Waals surface area contributed by atoms with E-state index in [0.29, 0.717) is 16.2 Å². The average Bonchev–Trinajstić information content (AvgIpc) is 2.94. The first-order valence-corrected chi connectivity index (χ1v) is 8.08. The average molecular weight is 341 g/mol. The minimum absolute atomic E-state index is 0.220. The normalized spacial score (nSPS) is 12.0. The van der Waals surface area contributed by atoms with Crippen molar-refractivity contribution in [3.05, 3.63) is 59.7 Å². The fourth-order valence-corrected chi connectivity index (χ4v) is 3.15. The number of nitrogens with two attached hydrogens (primary N) is 1. The number of benzene rings is 2. The summed E-state index contributed by atoms with van der Waals surface area (Å²) in [6, 6.07) is 13.1. The van der Waals surface area contributed by atoms with E-state index in [1.165, 1.54) is 11.3 Å². The van der Waals surface area contributed by atoms with Crippen molar-refractivity contribution in [2.75, 3.05) is 5.73 Å². The van der Waals surface area contributed by atoms with E-state index in [0.717, 1.165) is 10.3 Å². The van der Waals surface area contributed by atoms with E-state index in [4.69, 9.17) is 5.73 Å². The van der Waals surface area contributed by atoms with Crippen LogP contribution in [0.1, 0.15) is 15.9 Å². The highest BCUT2D eigenvalue weighted by molar-refractivity contribution is 7.22. The quantitative estimate of drug-likeness (QED) is 0.660. The number of fused-ring (bicyclic) bond motifs is 1. The van der Waals surface area contributed by atoms with Gasteiger partial charge in [0.25, 0.3) is 5.91 Å². The predicted octanol–water partition coefficient (Wildman–Crippen LogP) is 2.30. The minimum Gasteiger partial charge on any atom is -0.480 e. The molecule has 4 N–H and O–H groups in total. The van der Waals surface area contributed by atoms with Gasteiger partial charge in [0.15, 0.2) is 5.13 Å². The Morgan fingerprint density at radius 2 is 1.96 bits per heavy atom. The fourth-order valence-electron chi connectivity index (χ4n) is 2.38. The molecular weight excluding hydrogens is 326 g/mol. The van der Waals surface area contributed by atoms with Crippen molar-refractivity contribution < 1.29 is 14.7 Å². The van der Waals surface area contributed by atoms with Crippen LogP contribution in [0, 0.1) is 0 Å². The molecule has 0 aliphatic rings. The van der Waals surface area contributed by atoms with Gasteiger partial charge in [-0.2, -0.15) is 0 Å². The molecule has 0 saturated heterocycles. The summed E-state index contributed by atoms with van der Waals surface area (Å²) < 4.78 is 0.787. The SMILES string of the molecule is Nc1nc2ccc(C(=O)NC(Cc3ccccc3)C(=O)O)cc2s1. The standard InChI is InChI=1S/C17H15N3O3S/c18-17-20-12-7-6-11(9-14(12)24-17)15(21)19-13(16(22)23)8-10-4-2-1-3-5-10/h1-7,9,13H,8H2,(H2,18,20)(H,19,21)(H,22,23). The van der Waals surface area contributed by atoms with E-state index in [2.05, 4.69) is 10.3 Å². The highest BCUT2D eigenvalue weighted by Crippen LogP contribution is 2.24. The van der Waals surface area contributed by atoms with Crippen molar-refractivity contribution in [1.29, 1.82) is 0 Å². The van der Waals surface area contributed by atoms with Gasteiger partial charge >= 0.3 is 5.97 Å². The summed E-state index contributed by atoms with van der Waals surface area (Å²) in [7, 11) is 0. The van der Waals surface area contributed by atoms with Crippen LogP contribution in [0.2, 0.25) is 0 Å². The molecule has 7 heteroatoms.